The molecule has 7 rings (SSSR count). The zero-order chi connectivity index (χ0) is 45.6. The number of imide groups is 1. The van der Waals surface area contributed by atoms with E-state index in [4.69, 9.17) is 25.5 Å². The molecule has 13 nitrogen and oxygen atoms in total. The fourth-order valence-electron chi connectivity index (χ4n) is 6.80. The zero-order valence-electron chi connectivity index (χ0n) is 36.6. The molecule has 0 atom stereocenters. The zero-order valence-corrected chi connectivity index (χ0v) is 36.6. The van der Waals surface area contributed by atoms with Crippen LogP contribution in [0.15, 0.2) is 109 Å². The van der Waals surface area contributed by atoms with E-state index in [1.54, 1.807) is 20.4 Å². The Kier molecular flexibility index (Phi) is 22.1. The minimum absolute atomic E-state index is 0. The summed E-state index contributed by atoms with van der Waals surface area (Å²) in [4.78, 5) is 53.0. The van der Waals surface area contributed by atoms with Gasteiger partial charge in [-0.15, -0.1) is 0 Å². The standard InChI is InChI=1S/C23H26N2O2.C18H15NO3.C5H13N.C4H5NO3.CH4/c1-3-4-8-13-24-22(26)14-18-16-25-21-12-11-19(27-2)15-20(21)23(18)17-9-6-5-7-10-17;1-22-14-7-8-16-15(10-14)18(12-5-3-2-4-6-12)13(11-19-16)9-17(20)21;1-2-3-4-5-6;6-3-1-2-4(7)5(3)8;/h5-7,9-12,15-16H,3-4,8,13-14H2,1-2H3,(H,24,26);2-8,10-11H,9H2,1H3,(H,20,21);2-6H2,1H3;8H,1-2H2;1H4. The van der Waals surface area contributed by atoms with Gasteiger partial charge in [0.1, 0.15) is 11.5 Å². The number of methoxy groups -OCH3 is 2. The lowest BCUT2D eigenvalue weighted by Gasteiger charge is -2.14. The molecule has 3 heterocycles. The second-order valence-electron chi connectivity index (χ2n) is 14.7. The molecule has 6 aromatic rings. The van der Waals surface area contributed by atoms with Gasteiger partial charge in [0.25, 0.3) is 11.8 Å². The van der Waals surface area contributed by atoms with Gasteiger partial charge in [-0.2, -0.15) is 5.06 Å². The minimum Gasteiger partial charge on any atom is -0.497 e. The van der Waals surface area contributed by atoms with Crippen molar-refractivity contribution in [3.8, 4) is 33.8 Å². The summed E-state index contributed by atoms with van der Waals surface area (Å²) >= 11 is 0. The number of nitrogens with zero attached hydrogens (tertiary/aromatic N) is 3. The summed E-state index contributed by atoms with van der Waals surface area (Å²) < 4.78 is 10.7. The first kappa shape index (κ1) is 51.6. The lowest BCUT2D eigenvalue weighted by molar-refractivity contribution is -0.171. The highest BCUT2D eigenvalue weighted by atomic mass is 16.5. The number of aromatic nitrogens is 2. The van der Waals surface area contributed by atoms with Crippen LogP contribution in [0.4, 0.5) is 0 Å². The predicted octanol–water partition coefficient (Wildman–Crippen LogP) is 9.59. The molecule has 5 N–H and O–H groups in total. The van der Waals surface area contributed by atoms with Crippen LogP contribution in [0.3, 0.4) is 0 Å². The Bertz CT molecular complexity index is 2390. The van der Waals surface area contributed by atoms with Gasteiger partial charge in [-0.1, -0.05) is 108 Å². The number of carboxylic acids is 1. The molecule has 0 saturated carbocycles. The van der Waals surface area contributed by atoms with Gasteiger partial charge in [0, 0.05) is 42.6 Å². The van der Waals surface area contributed by atoms with Crippen molar-refractivity contribution >= 4 is 45.5 Å². The fraction of sp³-hybridized carbons (Fsp3) is 0.333. The SMILES string of the molecule is C.CCCCCN.CCCCCNC(=O)Cc1cnc2ccc(OC)cc2c1-c1ccccc1.COc1ccc2ncc(CC(=O)O)c(-c3ccccc3)c2c1.O=C1CCC(=O)N1O. The van der Waals surface area contributed by atoms with Gasteiger partial charge in [0.15, 0.2) is 0 Å². The third-order valence-electron chi connectivity index (χ3n) is 10.1. The number of carboxylic acid groups (broad SMARTS) is 1. The van der Waals surface area contributed by atoms with Gasteiger partial charge < -0.3 is 25.6 Å². The second-order valence-corrected chi connectivity index (χ2v) is 14.7. The molecular weight excluding hydrogens is 811 g/mol. The topological polar surface area (TPSA) is 194 Å². The van der Waals surface area contributed by atoms with Crippen molar-refractivity contribution in [1.29, 1.82) is 0 Å². The molecule has 340 valence electrons. The van der Waals surface area contributed by atoms with Gasteiger partial charge in [0.2, 0.25) is 5.91 Å². The Labute approximate surface area is 376 Å². The molecule has 1 fully saturated rings. The molecule has 1 aliphatic heterocycles. The predicted molar refractivity (Wildman–Crippen MR) is 253 cm³/mol. The largest absolute Gasteiger partial charge is 0.497 e. The number of nitrogens with one attached hydrogen (secondary N) is 1. The number of hydroxylamine groups is 2. The Morgan fingerprint density at radius 3 is 1.52 bits per heavy atom. The highest BCUT2D eigenvalue weighted by Gasteiger charge is 2.27. The summed E-state index contributed by atoms with van der Waals surface area (Å²) in [5.41, 5.74) is 12.5. The summed E-state index contributed by atoms with van der Waals surface area (Å²) in [6.07, 6.45) is 11.1. The summed E-state index contributed by atoms with van der Waals surface area (Å²) in [5.74, 6) is -0.347. The average molecular weight is 874 g/mol. The summed E-state index contributed by atoms with van der Waals surface area (Å²) in [7, 11) is 3.27. The molecule has 0 unspecified atom stereocenters. The van der Waals surface area contributed by atoms with E-state index in [1.807, 2.05) is 91.1 Å². The van der Waals surface area contributed by atoms with Gasteiger partial charge in [-0.25, -0.2) is 0 Å². The fourth-order valence-corrected chi connectivity index (χ4v) is 6.80. The second kappa shape index (κ2) is 27.4. The van der Waals surface area contributed by atoms with Crippen molar-refractivity contribution in [1.82, 2.24) is 20.3 Å². The van der Waals surface area contributed by atoms with Crippen LogP contribution in [0, 0.1) is 0 Å². The molecule has 13 heteroatoms. The number of rotatable bonds is 15. The van der Waals surface area contributed by atoms with Crippen LogP contribution in [0.2, 0.25) is 0 Å². The van der Waals surface area contributed by atoms with Crippen molar-refractivity contribution in [2.24, 2.45) is 5.73 Å². The molecule has 1 aliphatic rings. The first-order chi connectivity index (χ1) is 30.5. The number of amides is 3. The molecule has 2 aromatic heterocycles. The number of hydrogen-bond donors (Lipinski definition) is 4. The molecule has 0 spiro atoms. The van der Waals surface area contributed by atoms with Gasteiger partial charge >= 0.3 is 5.97 Å². The molecule has 64 heavy (non-hydrogen) atoms. The molecule has 0 aliphatic carbocycles. The summed E-state index contributed by atoms with van der Waals surface area (Å²) in [6, 6.07) is 31.4. The quantitative estimate of drug-likeness (QED) is 0.0436. The molecule has 0 bridgehead atoms. The Balaban J connectivity index is 0.000000261. The van der Waals surface area contributed by atoms with Crippen molar-refractivity contribution in [3.63, 3.8) is 0 Å². The van der Waals surface area contributed by atoms with E-state index in [2.05, 4.69) is 41.3 Å². The number of unbranched alkanes of at least 4 members (excludes halogenated alkanes) is 4. The van der Waals surface area contributed by atoms with Crippen LogP contribution in [0.1, 0.15) is 83.8 Å². The average Bonchev–Trinajstić information content (AvgIpc) is 3.60. The Morgan fingerprint density at radius 2 is 1.14 bits per heavy atom. The minimum atomic E-state index is -0.874. The van der Waals surface area contributed by atoms with E-state index in [-0.39, 0.29) is 37.7 Å². The highest BCUT2D eigenvalue weighted by molar-refractivity contribution is 6.01. The van der Waals surface area contributed by atoms with Gasteiger partial charge in [-0.05, 0) is 89.2 Å². The van der Waals surface area contributed by atoms with E-state index < -0.39 is 17.8 Å². The molecule has 1 saturated heterocycles. The van der Waals surface area contributed by atoms with E-state index in [0.717, 1.165) is 93.5 Å². The Hall–Kier alpha value is -6.70. The lowest BCUT2D eigenvalue weighted by atomic mass is 9.94. The van der Waals surface area contributed by atoms with E-state index in [0.29, 0.717) is 12.0 Å². The Morgan fingerprint density at radius 1 is 0.688 bits per heavy atom. The van der Waals surface area contributed by atoms with Crippen LogP contribution in [0.5, 0.6) is 11.5 Å². The number of carbonyl (C=O) groups is 4. The monoisotopic (exact) mass is 873 g/mol. The number of fused-ring (bicyclic) bond motifs is 2. The maximum atomic E-state index is 12.5. The molecule has 4 aromatic carbocycles. The molecular formula is C51H63N5O8. The van der Waals surface area contributed by atoms with Crippen LogP contribution in [-0.2, 0) is 32.0 Å². The smallest absolute Gasteiger partial charge is 0.307 e. The van der Waals surface area contributed by atoms with Crippen LogP contribution >= 0.6 is 0 Å². The maximum absolute atomic E-state index is 12.5. The molecule has 3 amide bonds. The first-order valence-electron chi connectivity index (χ1n) is 21.3. The number of hydrogen-bond acceptors (Lipinski definition) is 10. The number of aliphatic carboxylic acids is 1. The van der Waals surface area contributed by atoms with Crippen molar-refractivity contribution < 1.29 is 39.0 Å². The number of carbonyl (C=O) groups excluding carboxylic acids is 3. The van der Waals surface area contributed by atoms with Gasteiger partial charge in [0.05, 0.1) is 38.1 Å². The third-order valence-corrected chi connectivity index (χ3v) is 10.1. The number of benzene rings is 4. The number of ether oxygens (including phenoxy) is 2. The van der Waals surface area contributed by atoms with E-state index in [9.17, 15) is 19.2 Å². The number of pyridine rings is 2. The van der Waals surface area contributed by atoms with E-state index >= 15 is 0 Å². The lowest BCUT2D eigenvalue weighted by Crippen LogP contribution is -2.26. The third kappa shape index (κ3) is 15.3. The first-order valence-corrected chi connectivity index (χ1v) is 21.3. The van der Waals surface area contributed by atoms with Crippen LogP contribution in [0.25, 0.3) is 44.1 Å². The van der Waals surface area contributed by atoms with Crippen molar-refractivity contribution in [2.45, 2.75) is 85.5 Å². The number of nitrogens with two attached hydrogens (primary N) is 1. The van der Waals surface area contributed by atoms with Crippen LogP contribution < -0.4 is 20.5 Å². The highest BCUT2D eigenvalue weighted by Crippen LogP contribution is 2.35. The van der Waals surface area contributed by atoms with Crippen LogP contribution in [-0.4, -0.2) is 76.3 Å². The maximum Gasteiger partial charge on any atom is 0.307 e. The van der Waals surface area contributed by atoms with Gasteiger partial charge in [-0.3, -0.25) is 34.4 Å². The van der Waals surface area contributed by atoms with Crippen molar-refractivity contribution in [2.75, 3.05) is 27.3 Å². The van der Waals surface area contributed by atoms with Crippen molar-refractivity contribution in [3.05, 3.63) is 121 Å². The summed E-state index contributed by atoms with van der Waals surface area (Å²) in [5, 5.41) is 22.6. The molecule has 0 radical (unpaired) electrons. The summed E-state index contributed by atoms with van der Waals surface area (Å²) in [6.45, 7) is 5.91. The normalized spacial score (nSPS) is 11.6. The van der Waals surface area contributed by atoms with E-state index in [1.165, 1.54) is 19.3 Å².